The molecule has 2 unspecified atom stereocenters. The molecule has 2 saturated carbocycles. The van der Waals surface area contributed by atoms with E-state index < -0.39 is 29.8 Å². The molecule has 2 aromatic heterocycles. The first-order valence-corrected chi connectivity index (χ1v) is 38.0. The van der Waals surface area contributed by atoms with Crippen LogP contribution in [0.15, 0.2) is 130 Å². The van der Waals surface area contributed by atoms with Crippen LogP contribution >= 0.6 is 0 Å². The third kappa shape index (κ3) is 14.1. The highest BCUT2D eigenvalue weighted by atomic mass is 16.5. The van der Waals surface area contributed by atoms with Crippen molar-refractivity contribution in [2.24, 2.45) is 11.8 Å². The van der Waals surface area contributed by atoms with Gasteiger partial charge in [0.15, 0.2) is 0 Å². The monoisotopic (exact) mass is 1430 g/mol. The van der Waals surface area contributed by atoms with Crippen molar-refractivity contribution in [3.8, 4) is 34.4 Å². The number of fused-ring (bicyclic) bond motifs is 2. The summed E-state index contributed by atoms with van der Waals surface area (Å²) < 4.78 is 11.0. The smallest absolute Gasteiger partial charge is 0.262 e. The van der Waals surface area contributed by atoms with Gasteiger partial charge in [0, 0.05) is 109 Å². The Kier molecular flexibility index (Phi) is 19.5. The van der Waals surface area contributed by atoms with Crippen LogP contribution in [0.2, 0.25) is 0 Å². The molecule has 2 aliphatic carbocycles. The molecule has 16 rings (SSSR count). The molecule has 0 bridgehead atoms. The van der Waals surface area contributed by atoms with Crippen LogP contribution in [-0.2, 0) is 36.6 Å². The third-order valence-electron chi connectivity index (χ3n) is 23.9. The Morgan fingerprint density at radius 1 is 0.495 bits per heavy atom. The maximum absolute atomic E-state index is 13.4. The zero-order valence-electron chi connectivity index (χ0n) is 61.8. The molecule has 0 radical (unpaired) electrons. The normalized spacial score (nSPS) is 19.5. The predicted molar refractivity (Wildman–Crippen MR) is 406 cm³/mol. The number of nitrogens with zero attached hydrogens (tertiary/aromatic N) is 10. The molecule has 21 nitrogen and oxygen atoms in total. The number of piperidine rings is 4. The number of carbonyl (C=O) groups is 7. The summed E-state index contributed by atoms with van der Waals surface area (Å²) in [7, 11) is 0. The fourth-order valence-electron chi connectivity index (χ4n) is 17.2. The summed E-state index contributed by atoms with van der Waals surface area (Å²) in [5.74, 6) is 0.0220. The van der Waals surface area contributed by atoms with E-state index in [1.165, 1.54) is 11.1 Å². The second-order valence-corrected chi connectivity index (χ2v) is 30.7. The van der Waals surface area contributed by atoms with Crippen molar-refractivity contribution in [3.63, 3.8) is 0 Å². The lowest BCUT2D eigenvalue weighted by Gasteiger charge is -2.34. The molecule has 8 aliphatic rings. The maximum Gasteiger partial charge on any atom is 0.262 e. The van der Waals surface area contributed by atoms with Crippen molar-refractivity contribution in [2.75, 3.05) is 58.9 Å². The number of amides is 7. The quantitative estimate of drug-likeness (QED) is 0.0672. The second kappa shape index (κ2) is 29.3. The van der Waals surface area contributed by atoms with Crippen LogP contribution in [0.4, 0.5) is 34.1 Å². The predicted octanol–water partition coefficient (Wildman–Crippen LogP) is 14.5. The highest BCUT2D eigenvalue weighted by Gasteiger charge is 2.48. The average Bonchev–Trinajstić information content (AvgIpc) is 1.72. The van der Waals surface area contributed by atoms with Crippen LogP contribution in [-0.4, -0.2) is 113 Å². The first kappa shape index (κ1) is 71.4. The van der Waals surface area contributed by atoms with Gasteiger partial charge in [0.1, 0.15) is 23.6 Å². The summed E-state index contributed by atoms with van der Waals surface area (Å²) in [6.07, 6.45) is 13.0. The van der Waals surface area contributed by atoms with Gasteiger partial charge in [-0.2, -0.15) is 10.5 Å². The molecule has 8 heterocycles. The van der Waals surface area contributed by atoms with Gasteiger partial charge in [0.05, 0.1) is 45.5 Å². The number of carbonyl (C=O) groups excluding carboxylic acids is 7. The number of anilines is 6. The number of imide groups is 3. The molecule has 0 spiro atoms. The van der Waals surface area contributed by atoms with E-state index >= 15 is 0 Å². The Balaban J connectivity index is 0.000000171. The van der Waals surface area contributed by atoms with Crippen LogP contribution in [0.3, 0.4) is 0 Å². The van der Waals surface area contributed by atoms with E-state index in [1.807, 2.05) is 45.9 Å². The lowest BCUT2D eigenvalue weighted by atomic mass is 9.91. The van der Waals surface area contributed by atoms with Crippen LogP contribution < -0.4 is 30.2 Å². The van der Waals surface area contributed by atoms with Gasteiger partial charge in [-0.15, -0.1) is 0 Å². The van der Waals surface area contributed by atoms with E-state index in [2.05, 4.69) is 158 Å². The largest absolute Gasteiger partial charge is 0.372 e. The molecular formula is C86H90N12O9. The van der Waals surface area contributed by atoms with Gasteiger partial charge in [-0.25, -0.2) is 0 Å². The summed E-state index contributed by atoms with van der Waals surface area (Å²) in [5, 5.41) is 32.6. The Morgan fingerprint density at radius 2 is 0.935 bits per heavy atom. The Morgan fingerprint density at radius 3 is 1.36 bits per heavy atom. The number of hydrogen-bond acceptors (Lipinski definition) is 17. The first-order valence-electron chi connectivity index (χ1n) is 38.0. The molecule has 6 aliphatic heterocycles. The summed E-state index contributed by atoms with van der Waals surface area (Å²) in [5.41, 5.74) is 18.6. The van der Waals surface area contributed by atoms with Gasteiger partial charge in [0.25, 0.3) is 17.7 Å². The average molecular weight is 1440 g/mol. The highest BCUT2D eigenvalue weighted by Crippen LogP contribution is 2.50. The molecule has 6 aromatic carbocycles. The van der Waals surface area contributed by atoms with Gasteiger partial charge in [-0.3, -0.25) is 49.1 Å². The van der Waals surface area contributed by atoms with E-state index in [0.717, 1.165) is 217 Å². The van der Waals surface area contributed by atoms with Gasteiger partial charge in [-0.05, 0) is 255 Å². The van der Waals surface area contributed by atoms with Crippen LogP contribution in [0.1, 0.15) is 185 Å². The molecule has 8 aromatic rings. The Bertz CT molecular complexity index is 4900. The zero-order chi connectivity index (χ0) is 74.6. The minimum Gasteiger partial charge on any atom is -0.372 e. The van der Waals surface area contributed by atoms with Crippen molar-refractivity contribution in [3.05, 3.63) is 189 Å². The Labute approximate surface area is 623 Å². The maximum atomic E-state index is 13.4. The lowest BCUT2D eigenvalue weighted by Crippen LogP contribution is -2.54. The number of nitrogens with one attached hydrogen (secondary N) is 2. The number of hydrogen-bond donors (Lipinski definition) is 2. The fraction of sp³-hybridized carbons (Fsp3) is 0.407. The van der Waals surface area contributed by atoms with E-state index in [0.29, 0.717) is 41.5 Å². The van der Waals surface area contributed by atoms with E-state index in [1.54, 1.807) is 17.0 Å². The van der Waals surface area contributed by atoms with Crippen LogP contribution in [0.5, 0.6) is 0 Å². The van der Waals surface area contributed by atoms with Crippen molar-refractivity contribution in [2.45, 2.75) is 174 Å². The van der Waals surface area contributed by atoms with Crippen LogP contribution in [0.25, 0.3) is 22.3 Å². The van der Waals surface area contributed by atoms with E-state index in [-0.39, 0.29) is 53.7 Å². The zero-order valence-corrected chi connectivity index (χ0v) is 61.8. The first-order chi connectivity index (χ1) is 51.7. The molecule has 21 heteroatoms. The van der Waals surface area contributed by atoms with E-state index in [4.69, 9.17) is 9.05 Å². The van der Waals surface area contributed by atoms with Crippen molar-refractivity contribution >= 4 is 75.5 Å². The molecule has 2 atom stereocenters. The SMILES string of the molecule is Cc1ccc(-c2c(C)noc2C)cc1N(CCCC1CCN(c2ccc3c(c2)C(=O)N(C2CCC(=O)NC2=O)C3=O)CC1)c1ccc(C2(C#N)CC2)cc1.Cc1ccc(-c2c(C)noc2C)cc1N(CCCC1CCN(c2ccc3c(c2)CN(C2CCC(=O)NC2=O)C3=O)CC1)c1ccc(C2(C#N)CC2)cc1. The molecule has 6 fully saturated rings. The topological polar surface area (TPSA) is 263 Å². The molecule has 7 amide bonds. The van der Waals surface area contributed by atoms with Crippen molar-refractivity contribution in [1.82, 2.24) is 30.7 Å². The third-order valence-corrected chi connectivity index (χ3v) is 23.9. The molecular weight excluding hydrogens is 1350 g/mol. The van der Waals surface area contributed by atoms with Crippen molar-refractivity contribution < 1.29 is 42.6 Å². The minimum absolute atomic E-state index is 0.0926. The number of aromatic nitrogens is 2. The summed E-state index contributed by atoms with van der Waals surface area (Å²) >= 11 is 0. The number of nitriles is 2. The van der Waals surface area contributed by atoms with Gasteiger partial charge in [0.2, 0.25) is 23.6 Å². The molecule has 548 valence electrons. The molecule has 2 N–H and O–H groups in total. The highest BCUT2D eigenvalue weighted by molar-refractivity contribution is 6.24. The van der Waals surface area contributed by atoms with Crippen molar-refractivity contribution in [1.29, 1.82) is 10.5 Å². The number of benzene rings is 6. The van der Waals surface area contributed by atoms with Crippen LogP contribution in [0, 0.1) is 76.0 Å². The number of rotatable bonds is 20. The summed E-state index contributed by atoms with van der Waals surface area (Å²) in [6.45, 7) is 17.9. The summed E-state index contributed by atoms with van der Waals surface area (Å²) in [6, 6.07) is 45.2. The van der Waals surface area contributed by atoms with Gasteiger partial charge < -0.3 is 33.5 Å². The second-order valence-electron chi connectivity index (χ2n) is 30.7. The fourth-order valence-corrected chi connectivity index (χ4v) is 17.2. The Hall–Kier alpha value is -11.2. The molecule has 4 saturated heterocycles. The van der Waals surface area contributed by atoms with Gasteiger partial charge >= 0.3 is 0 Å². The lowest BCUT2D eigenvalue weighted by molar-refractivity contribution is -0.138. The summed E-state index contributed by atoms with van der Waals surface area (Å²) in [4.78, 5) is 100. The minimum atomic E-state index is -0.974. The number of aryl methyl sites for hydroxylation is 6. The standard InChI is InChI=1S/C43H44N6O5.C43H46N6O4/c1-26-6-7-30(39-27(2)46-54-28(39)3)23-37(26)48(32-10-8-31(9-11-32)43(25-44)18-19-43)20-4-5-29-16-21-47(22-17-29)33-12-13-34-35(24-33)42(53)49(41(34)52)36-14-15-38(50)45-40(36)51;1-27-6-7-31(40-28(2)46-53-29(40)3)24-38(27)48(34-10-8-33(9-11-34)43(26-44)18-19-43)20-4-5-30-16-21-47(22-17-30)35-12-13-36-32(23-35)25-49(42(36)52)37-14-15-39(50)45-41(37)51/h6-13,23-24,29,36H,4-5,14-22H2,1-3H3,(H,45,50,51);6-13,23-24,30,37H,4-5,14-22,25H2,1-3H3,(H,45,50,51). The van der Waals surface area contributed by atoms with E-state index in [9.17, 15) is 44.1 Å². The molecule has 107 heavy (non-hydrogen) atoms. The van der Waals surface area contributed by atoms with Gasteiger partial charge in [-0.1, -0.05) is 58.8 Å².